The molecule has 2 amide bonds. The zero-order valence-corrected chi connectivity index (χ0v) is 16.7. The van der Waals surface area contributed by atoms with E-state index in [4.69, 9.17) is 0 Å². The maximum absolute atomic E-state index is 12.3. The van der Waals surface area contributed by atoms with E-state index in [1.165, 1.54) is 0 Å². The lowest BCUT2D eigenvalue weighted by Gasteiger charge is -2.18. The molecule has 0 saturated carbocycles. The minimum Gasteiger partial charge on any atom is -0.347 e. The largest absolute Gasteiger partial charge is 0.347 e. The van der Waals surface area contributed by atoms with E-state index in [-0.39, 0.29) is 24.8 Å². The van der Waals surface area contributed by atoms with Crippen molar-refractivity contribution in [2.24, 2.45) is 0 Å². The Morgan fingerprint density at radius 3 is 2.41 bits per heavy atom. The van der Waals surface area contributed by atoms with Gasteiger partial charge in [0.15, 0.2) is 0 Å². The molecule has 0 fully saturated rings. The van der Waals surface area contributed by atoms with E-state index < -0.39 is 0 Å². The van der Waals surface area contributed by atoms with Crippen molar-refractivity contribution in [2.75, 3.05) is 13.6 Å². The molecule has 0 unspecified atom stereocenters. The third-order valence-electron chi connectivity index (χ3n) is 4.46. The van der Waals surface area contributed by atoms with Gasteiger partial charge in [-0.1, -0.05) is 76.6 Å². The average molecular weight is 425 g/mol. The quantitative estimate of drug-likeness (QED) is 0.651. The molecule has 0 heterocycles. The first kappa shape index (κ1) is 19.1. The van der Waals surface area contributed by atoms with E-state index in [2.05, 4.69) is 21.2 Å². The van der Waals surface area contributed by atoms with Crippen LogP contribution in [-0.4, -0.2) is 30.3 Å². The molecular formula is C22H21BrN2O2. The summed E-state index contributed by atoms with van der Waals surface area (Å²) in [6.45, 7) is 0.476. The fraction of sp³-hybridized carbons (Fsp3) is 0.182. The molecule has 3 aromatic carbocycles. The molecule has 4 nitrogen and oxygen atoms in total. The van der Waals surface area contributed by atoms with Crippen LogP contribution in [0.4, 0.5) is 0 Å². The first-order chi connectivity index (χ1) is 13.0. The molecule has 138 valence electrons. The number of benzene rings is 3. The Labute approximate surface area is 167 Å². The number of carbonyl (C=O) groups excluding carboxylic acids is 2. The van der Waals surface area contributed by atoms with Crippen molar-refractivity contribution >= 4 is 38.5 Å². The molecule has 5 heteroatoms. The highest BCUT2D eigenvalue weighted by molar-refractivity contribution is 9.10. The summed E-state index contributed by atoms with van der Waals surface area (Å²) >= 11 is 3.49. The van der Waals surface area contributed by atoms with Gasteiger partial charge in [0.25, 0.3) is 0 Å². The number of amides is 2. The molecule has 27 heavy (non-hydrogen) atoms. The van der Waals surface area contributed by atoms with Crippen LogP contribution in [0.1, 0.15) is 11.1 Å². The van der Waals surface area contributed by atoms with Gasteiger partial charge in [0.2, 0.25) is 11.8 Å². The van der Waals surface area contributed by atoms with E-state index >= 15 is 0 Å². The summed E-state index contributed by atoms with van der Waals surface area (Å²) in [5.41, 5.74) is 1.98. The van der Waals surface area contributed by atoms with Crippen molar-refractivity contribution in [1.82, 2.24) is 10.2 Å². The maximum atomic E-state index is 12.3. The minimum absolute atomic E-state index is 0.00937. The van der Waals surface area contributed by atoms with Crippen LogP contribution in [0.25, 0.3) is 10.8 Å². The zero-order chi connectivity index (χ0) is 19.2. The van der Waals surface area contributed by atoms with Gasteiger partial charge in [-0.2, -0.15) is 0 Å². The summed E-state index contributed by atoms with van der Waals surface area (Å²) in [6.07, 6.45) is 0.253. The van der Waals surface area contributed by atoms with Gasteiger partial charge in [0.1, 0.15) is 0 Å². The van der Waals surface area contributed by atoms with Crippen LogP contribution in [0.3, 0.4) is 0 Å². The number of hydrogen-bond acceptors (Lipinski definition) is 2. The van der Waals surface area contributed by atoms with E-state index in [0.29, 0.717) is 6.54 Å². The van der Waals surface area contributed by atoms with Crippen LogP contribution in [0, 0.1) is 0 Å². The predicted octanol–water partition coefficient (Wildman–Crippen LogP) is 3.92. The standard InChI is InChI=1S/C22H21BrN2O2/c1-25(15-18-8-3-5-12-20(18)23)22(27)14-24-21(26)13-17-10-6-9-16-7-2-4-11-19(16)17/h2-12H,13-15H2,1H3,(H,24,26). The molecule has 0 spiro atoms. The topological polar surface area (TPSA) is 49.4 Å². The van der Waals surface area contributed by atoms with Crippen LogP contribution >= 0.6 is 15.9 Å². The Morgan fingerprint density at radius 1 is 0.926 bits per heavy atom. The molecule has 0 aromatic heterocycles. The summed E-state index contributed by atoms with van der Waals surface area (Å²) in [5, 5.41) is 4.90. The molecule has 0 bridgehead atoms. The molecule has 3 aromatic rings. The van der Waals surface area contributed by atoms with Crippen molar-refractivity contribution < 1.29 is 9.59 Å². The number of nitrogens with one attached hydrogen (secondary N) is 1. The predicted molar refractivity (Wildman–Crippen MR) is 111 cm³/mol. The molecule has 0 aliphatic heterocycles. The Balaban J connectivity index is 1.55. The molecule has 0 saturated heterocycles. The van der Waals surface area contributed by atoms with E-state index in [1.807, 2.05) is 66.7 Å². The second-order valence-corrected chi connectivity index (χ2v) is 7.29. The number of halogens is 1. The first-order valence-electron chi connectivity index (χ1n) is 8.75. The normalized spacial score (nSPS) is 10.6. The van der Waals surface area contributed by atoms with E-state index in [9.17, 15) is 9.59 Å². The average Bonchev–Trinajstić information content (AvgIpc) is 2.68. The number of nitrogens with zero attached hydrogens (tertiary/aromatic N) is 1. The summed E-state index contributed by atoms with van der Waals surface area (Å²) in [5.74, 6) is -0.286. The first-order valence-corrected chi connectivity index (χ1v) is 9.54. The molecule has 3 rings (SSSR count). The van der Waals surface area contributed by atoms with Gasteiger partial charge in [-0.3, -0.25) is 9.59 Å². The SMILES string of the molecule is CN(Cc1ccccc1Br)C(=O)CNC(=O)Cc1cccc2ccccc12. The van der Waals surface area contributed by atoms with Crippen molar-refractivity contribution in [3.63, 3.8) is 0 Å². The van der Waals surface area contributed by atoms with Crippen LogP contribution < -0.4 is 5.32 Å². The Hall–Kier alpha value is -2.66. The van der Waals surface area contributed by atoms with Gasteiger partial charge in [-0.15, -0.1) is 0 Å². The third kappa shape index (κ3) is 4.95. The molecule has 0 aliphatic rings. The number of likely N-dealkylation sites (N-methyl/N-ethyl adjacent to an activating group) is 1. The molecular weight excluding hydrogens is 404 g/mol. The van der Waals surface area contributed by atoms with E-state index in [0.717, 1.165) is 26.4 Å². The molecule has 0 aliphatic carbocycles. The highest BCUT2D eigenvalue weighted by Crippen LogP contribution is 2.19. The zero-order valence-electron chi connectivity index (χ0n) is 15.1. The highest BCUT2D eigenvalue weighted by atomic mass is 79.9. The fourth-order valence-electron chi connectivity index (χ4n) is 2.96. The summed E-state index contributed by atoms with van der Waals surface area (Å²) < 4.78 is 0.963. The monoisotopic (exact) mass is 424 g/mol. The second-order valence-electron chi connectivity index (χ2n) is 6.43. The molecule has 0 atom stereocenters. The Kier molecular flexibility index (Phi) is 6.24. The maximum Gasteiger partial charge on any atom is 0.242 e. The second kappa shape index (κ2) is 8.82. The van der Waals surface area contributed by atoms with Gasteiger partial charge in [0, 0.05) is 18.1 Å². The van der Waals surface area contributed by atoms with Gasteiger partial charge < -0.3 is 10.2 Å². The van der Waals surface area contributed by atoms with Gasteiger partial charge in [-0.05, 0) is 28.0 Å². The summed E-state index contributed by atoms with van der Waals surface area (Å²) in [7, 11) is 1.73. The lowest BCUT2D eigenvalue weighted by Crippen LogP contribution is -2.38. The van der Waals surface area contributed by atoms with Gasteiger partial charge in [-0.25, -0.2) is 0 Å². The van der Waals surface area contributed by atoms with Crippen LogP contribution in [0.2, 0.25) is 0 Å². The summed E-state index contributed by atoms with van der Waals surface area (Å²) in [6, 6.07) is 21.7. The Morgan fingerprint density at radius 2 is 1.59 bits per heavy atom. The van der Waals surface area contributed by atoms with Crippen LogP contribution in [-0.2, 0) is 22.6 Å². The van der Waals surface area contributed by atoms with Crippen molar-refractivity contribution in [1.29, 1.82) is 0 Å². The number of carbonyl (C=O) groups is 2. The number of fused-ring (bicyclic) bond motifs is 1. The van der Waals surface area contributed by atoms with Gasteiger partial charge in [0.05, 0.1) is 13.0 Å². The Bertz CT molecular complexity index is 966. The number of rotatable bonds is 6. The van der Waals surface area contributed by atoms with Crippen molar-refractivity contribution in [3.05, 3.63) is 82.3 Å². The molecule has 0 radical (unpaired) electrons. The smallest absolute Gasteiger partial charge is 0.242 e. The summed E-state index contributed by atoms with van der Waals surface area (Å²) in [4.78, 5) is 26.2. The van der Waals surface area contributed by atoms with Crippen LogP contribution in [0.5, 0.6) is 0 Å². The number of hydrogen-bond donors (Lipinski definition) is 1. The van der Waals surface area contributed by atoms with Crippen molar-refractivity contribution in [3.8, 4) is 0 Å². The lowest BCUT2D eigenvalue weighted by atomic mass is 10.0. The minimum atomic E-state index is -0.158. The molecule has 1 N–H and O–H groups in total. The van der Waals surface area contributed by atoms with Crippen molar-refractivity contribution in [2.45, 2.75) is 13.0 Å². The fourth-order valence-corrected chi connectivity index (χ4v) is 3.37. The third-order valence-corrected chi connectivity index (χ3v) is 5.23. The van der Waals surface area contributed by atoms with Gasteiger partial charge >= 0.3 is 0 Å². The van der Waals surface area contributed by atoms with Crippen LogP contribution in [0.15, 0.2) is 71.2 Å². The highest BCUT2D eigenvalue weighted by Gasteiger charge is 2.13. The lowest BCUT2D eigenvalue weighted by molar-refractivity contribution is -0.132. The van der Waals surface area contributed by atoms with E-state index in [1.54, 1.807) is 11.9 Å².